The van der Waals surface area contributed by atoms with Crippen molar-refractivity contribution >= 4 is 5.91 Å². The first-order valence-electron chi connectivity index (χ1n) is 10.1. The van der Waals surface area contributed by atoms with E-state index in [0.29, 0.717) is 6.54 Å². The number of aromatic nitrogens is 4. The molecule has 2 heterocycles. The first kappa shape index (κ1) is 19.9. The topological polar surface area (TPSA) is 102 Å². The van der Waals surface area contributed by atoms with Crippen LogP contribution in [0.25, 0.3) is 11.3 Å². The number of carbonyl (C=O) groups is 1. The lowest BCUT2D eigenvalue weighted by Gasteiger charge is -2.30. The summed E-state index contributed by atoms with van der Waals surface area (Å²) in [5.41, 5.74) is 2.05. The lowest BCUT2D eigenvalue weighted by atomic mass is 9.78. The zero-order valence-corrected chi connectivity index (χ0v) is 17.1. The van der Waals surface area contributed by atoms with Gasteiger partial charge >= 0.3 is 0 Å². The van der Waals surface area contributed by atoms with Crippen LogP contribution < -0.4 is 10.7 Å². The minimum Gasteiger partial charge on any atom is -0.503 e. The molecule has 1 saturated carbocycles. The molecule has 1 amide bonds. The van der Waals surface area contributed by atoms with Gasteiger partial charge in [-0.3, -0.25) is 19.0 Å². The van der Waals surface area contributed by atoms with E-state index in [1.165, 1.54) is 23.5 Å². The second-order valence-corrected chi connectivity index (χ2v) is 7.88. The van der Waals surface area contributed by atoms with Crippen LogP contribution in [0.2, 0.25) is 0 Å². The fourth-order valence-electron chi connectivity index (χ4n) is 4.44. The fourth-order valence-corrected chi connectivity index (χ4v) is 4.44. The summed E-state index contributed by atoms with van der Waals surface area (Å²) in [5.74, 6) is -1.08. The van der Waals surface area contributed by atoms with Crippen LogP contribution in [0, 0.1) is 0 Å². The van der Waals surface area contributed by atoms with Crippen LogP contribution in [0.15, 0.2) is 47.5 Å². The van der Waals surface area contributed by atoms with Crippen molar-refractivity contribution in [3.05, 3.63) is 64.2 Å². The number of nitrogens with zero attached hydrogens (tertiary/aromatic N) is 4. The molecule has 2 N–H and O–H groups in total. The molecular weight excluding hydrogens is 382 g/mol. The molecule has 0 aliphatic heterocycles. The smallest absolute Gasteiger partial charge is 0.275 e. The van der Waals surface area contributed by atoms with E-state index >= 15 is 0 Å². The van der Waals surface area contributed by atoms with Gasteiger partial charge in [0.25, 0.3) is 11.3 Å². The van der Waals surface area contributed by atoms with Crippen molar-refractivity contribution in [2.75, 3.05) is 7.05 Å². The summed E-state index contributed by atoms with van der Waals surface area (Å²) in [6, 6.07) is 10.4. The van der Waals surface area contributed by atoms with Gasteiger partial charge in [0.2, 0.25) is 0 Å². The number of aromatic hydroxyl groups is 1. The lowest BCUT2D eigenvalue weighted by Crippen LogP contribution is -2.33. The third-order valence-corrected chi connectivity index (χ3v) is 6.01. The molecule has 0 radical (unpaired) electrons. The summed E-state index contributed by atoms with van der Waals surface area (Å²) < 4.78 is 3.38. The molecule has 0 atom stereocenters. The summed E-state index contributed by atoms with van der Waals surface area (Å²) in [7, 11) is 3.35. The van der Waals surface area contributed by atoms with Gasteiger partial charge in [0.15, 0.2) is 11.4 Å². The summed E-state index contributed by atoms with van der Waals surface area (Å²) in [6.07, 6.45) is 7.20. The fraction of sp³-hybridized carbons (Fsp3) is 0.364. The molecule has 1 aliphatic rings. The van der Waals surface area contributed by atoms with Crippen LogP contribution in [-0.2, 0) is 19.0 Å². The molecule has 0 spiro atoms. The van der Waals surface area contributed by atoms with Gasteiger partial charge in [-0.25, -0.2) is 0 Å². The molecule has 0 unspecified atom stereocenters. The number of rotatable bonds is 5. The van der Waals surface area contributed by atoms with Gasteiger partial charge in [-0.2, -0.15) is 10.2 Å². The Bertz CT molecular complexity index is 1140. The van der Waals surface area contributed by atoms with Gasteiger partial charge < -0.3 is 10.4 Å². The van der Waals surface area contributed by atoms with Crippen molar-refractivity contribution in [1.82, 2.24) is 24.9 Å². The van der Waals surface area contributed by atoms with E-state index in [9.17, 15) is 14.7 Å². The zero-order chi connectivity index (χ0) is 21.3. The summed E-state index contributed by atoms with van der Waals surface area (Å²) in [5, 5.41) is 21.0. The van der Waals surface area contributed by atoms with Gasteiger partial charge in [0.05, 0.1) is 18.4 Å². The summed E-state index contributed by atoms with van der Waals surface area (Å²) in [6.45, 7) is 0.472. The Morgan fingerprint density at radius 2 is 2.03 bits per heavy atom. The molecule has 3 aromatic rings. The van der Waals surface area contributed by atoms with Crippen LogP contribution in [0.3, 0.4) is 0 Å². The molecule has 156 valence electrons. The second kappa shape index (κ2) is 7.78. The molecule has 0 bridgehead atoms. The predicted octanol–water partition coefficient (Wildman–Crippen LogP) is 2.22. The van der Waals surface area contributed by atoms with E-state index in [-0.39, 0.29) is 11.1 Å². The van der Waals surface area contributed by atoms with Gasteiger partial charge in [0, 0.05) is 31.3 Å². The number of hydrogen-bond donors (Lipinski definition) is 2. The minimum absolute atomic E-state index is 0.191. The Balaban J connectivity index is 1.75. The molecule has 1 aliphatic carbocycles. The Morgan fingerprint density at radius 1 is 1.27 bits per heavy atom. The van der Waals surface area contributed by atoms with Crippen molar-refractivity contribution in [3.8, 4) is 17.0 Å². The maximum absolute atomic E-state index is 12.1. The van der Waals surface area contributed by atoms with Crippen molar-refractivity contribution in [2.24, 2.45) is 7.05 Å². The van der Waals surface area contributed by atoms with Crippen LogP contribution in [0.4, 0.5) is 0 Å². The number of amides is 1. The van der Waals surface area contributed by atoms with Crippen molar-refractivity contribution < 1.29 is 9.90 Å². The number of hydrogen-bond acceptors (Lipinski definition) is 5. The highest BCUT2D eigenvalue weighted by Crippen LogP contribution is 2.43. The molecule has 1 aromatic carbocycles. The van der Waals surface area contributed by atoms with E-state index in [1.54, 1.807) is 6.20 Å². The SMILES string of the molecule is CNC(=O)c1nn(CC2(c3cccc(-c4ccnn4C)c3)CCCC2)cc(O)c1=O. The van der Waals surface area contributed by atoms with Crippen molar-refractivity contribution in [1.29, 1.82) is 0 Å². The normalized spacial score (nSPS) is 15.3. The van der Waals surface area contributed by atoms with E-state index in [1.807, 2.05) is 23.9 Å². The quantitative estimate of drug-likeness (QED) is 0.675. The average molecular weight is 407 g/mol. The Labute approximate surface area is 174 Å². The van der Waals surface area contributed by atoms with Gasteiger partial charge in [-0.1, -0.05) is 31.0 Å². The first-order chi connectivity index (χ1) is 14.4. The highest BCUT2D eigenvalue weighted by Gasteiger charge is 2.37. The van der Waals surface area contributed by atoms with Crippen LogP contribution >= 0.6 is 0 Å². The third kappa shape index (κ3) is 3.49. The zero-order valence-electron chi connectivity index (χ0n) is 17.1. The van der Waals surface area contributed by atoms with Gasteiger partial charge in [0.1, 0.15) is 0 Å². The van der Waals surface area contributed by atoms with Crippen LogP contribution in [0.1, 0.15) is 41.7 Å². The standard InChI is InChI=1S/C22H25N5O3/c1-23-21(30)19-20(29)18(28)13-27(25-19)14-22(9-3-4-10-22)16-7-5-6-15(12-16)17-8-11-24-26(17)2/h5-8,11-13,28H,3-4,9-10,14H2,1-2H3,(H,23,30). The van der Waals surface area contributed by atoms with E-state index < -0.39 is 17.1 Å². The minimum atomic E-state index is -0.760. The van der Waals surface area contributed by atoms with Gasteiger partial charge in [-0.15, -0.1) is 0 Å². The van der Waals surface area contributed by atoms with Crippen molar-refractivity contribution in [3.63, 3.8) is 0 Å². The van der Waals surface area contributed by atoms with E-state index in [4.69, 9.17) is 0 Å². The number of aryl methyl sites for hydroxylation is 1. The number of carbonyl (C=O) groups excluding carboxylic acids is 1. The molecule has 8 heteroatoms. The Hall–Kier alpha value is -3.42. The molecule has 0 saturated heterocycles. The highest BCUT2D eigenvalue weighted by molar-refractivity contribution is 5.92. The van der Waals surface area contributed by atoms with Crippen LogP contribution in [0.5, 0.6) is 5.75 Å². The molecular formula is C22H25N5O3. The lowest BCUT2D eigenvalue weighted by molar-refractivity contribution is 0.0953. The average Bonchev–Trinajstić information content (AvgIpc) is 3.40. The maximum atomic E-state index is 12.1. The van der Waals surface area contributed by atoms with Gasteiger partial charge in [-0.05, 0) is 30.5 Å². The Kier molecular flexibility index (Phi) is 5.15. The first-order valence-corrected chi connectivity index (χ1v) is 10.1. The third-order valence-electron chi connectivity index (χ3n) is 6.01. The highest BCUT2D eigenvalue weighted by atomic mass is 16.3. The summed E-state index contributed by atoms with van der Waals surface area (Å²) in [4.78, 5) is 24.1. The van der Waals surface area contributed by atoms with E-state index in [2.05, 4.69) is 33.7 Å². The molecule has 4 rings (SSSR count). The summed E-state index contributed by atoms with van der Waals surface area (Å²) >= 11 is 0. The number of benzene rings is 1. The molecule has 8 nitrogen and oxygen atoms in total. The maximum Gasteiger partial charge on any atom is 0.275 e. The predicted molar refractivity (Wildman–Crippen MR) is 112 cm³/mol. The molecule has 30 heavy (non-hydrogen) atoms. The largest absolute Gasteiger partial charge is 0.503 e. The Morgan fingerprint density at radius 3 is 2.70 bits per heavy atom. The van der Waals surface area contributed by atoms with Crippen molar-refractivity contribution in [2.45, 2.75) is 37.6 Å². The molecule has 2 aromatic heterocycles. The second-order valence-electron chi connectivity index (χ2n) is 7.88. The monoisotopic (exact) mass is 407 g/mol. The molecule has 1 fully saturated rings. The van der Waals surface area contributed by atoms with Crippen LogP contribution in [-0.4, -0.2) is 37.6 Å². The van der Waals surface area contributed by atoms with E-state index in [0.717, 1.165) is 36.9 Å². The number of nitrogens with one attached hydrogen (secondary N) is 1.